The molecule has 0 aliphatic heterocycles. The van der Waals surface area contributed by atoms with Crippen LogP contribution in [-0.2, 0) is 0 Å². The van der Waals surface area contributed by atoms with Gasteiger partial charge in [-0.15, -0.1) is 5.16 Å². The summed E-state index contributed by atoms with van der Waals surface area (Å²) >= 11 is 0. The summed E-state index contributed by atoms with van der Waals surface area (Å²) in [6.45, 7) is 9.69. The quantitative estimate of drug-likeness (QED) is 0.313. The van der Waals surface area contributed by atoms with E-state index in [1.54, 1.807) is 6.21 Å². The van der Waals surface area contributed by atoms with Crippen LogP contribution in [0, 0.1) is 52.3 Å². The third-order valence-electron chi connectivity index (χ3n) is 11.0. The maximum Gasteiger partial charge on any atom is 0.0605 e. The Balaban J connectivity index is 1.61. The van der Waals surface area contributed by atoms with Crippen molar-refractivity contribution >= 4 is 6.21 Å². The van der Waals surface area contributed by atoms with Crippen molar-refractivity contribution in [1.82, 2.24) is 0 Å². The van der Waals surface area contributed by atoms with Crippen LogP contribution < -0.4 is 0 Å². The number of hydrogen-bond acceptors (Lipinski definition) is 4. The van der Waals surface area contributed by atoms with Crippen LogP contribution in [0.2, 0.25) is 0 Å². The van der Waals surface area contributed by atoms with Crippen LogP contribution in [0.15, 0.2) is 5.16 Å². The van der Waals surface area contributed by atoms with Crippen LogP contribution in [-0.4, -0.2) is 33.8 Å². The highest BCUT2D eigenvalue weighted by molar-refractivity contribution is 5.55. The topological polar surface area (TPSA) is 73.1 Å². The normalized spacial score (nSPS) is 51.9. The molecule has 4 rings (SSSR count). The Morgan fingerprint density at radius 3 is 2.40 bits per heavy atom. The van der Waals surface area contributed by atoms with E-state index in [4.69, 9.17) is 5.21 Å². The molecular formula is C26H45NO3. The lowest BCUT2D eigenvalue weighted by molar-refractivity contribution is -0.203. The Hall–Kier alpha value is -0.610. The number of aliphatic hydroxyl groups excluding tert-OH is 2. The molecule has 0 aromatic rings. The van der Waals surface area contributed by atoms with E-state index in [1.807, 2.05) is 0 Å². The van der Waals surface area contributed by atoms with Gasteiger partial charge in [-0.3, -0.25) is 0 Å². The molecule has 0 aromatic carbocycles. The maximum absolute atomic E-state index is 11.7. The lowest BCUT2D eigenvalue weighted by Gasteiger charge is -2.64. The summed E-state index contributed by atoms with van der Waals surface area (Å²) in [6.07, 6.45) is 12.3. The number of aliphatic hydroxyl groups is 2. The lowest BCUT2D eigenvalue weighted by Crippen LogP contribution is -2.62. The molecule has 4 nitrogen and oxygen atoms in total. The molecular weight excluding hydrogens is 374 g/mol. The minimum Gasteiger partial charge on any atom is -0.411 e. The van der Waals surface area contributed by atoms with Gasteiger partial charge in [-0.25, -0.2) is 0 Å². The molecule has 0 heterocycles. The molecule has 0 bridgehead atoms. The first-order chi connectivity index (χ1) is 14.3. The number of rotatable bonds is 5. The largest absolute Gasteiger partial charge is 0.411 e. The average molecular weight is 420 g/mol. The van der Waals surface area contributed by atoms with Gasteiger partial charge in [0.2, 0.25) is 0 Å². The van der Waals surface area contributed by atoms with Gasteiger partial charge in [0.15, 0.2) is 0 Å². The molecule has 0 amide bonds. The van der Waals surface area contributed by atoms with Gasteiger partial charge in [-0.1, -0.05) is 34.1 Å². The highest BCUT2D eigenvalue weighted by atomic mass is 16.4. The predicted octanol–water partition coefficient (Wildman–Crippen LogP) is 5.49. The smallest absolute Gasteiger partial charge is 0.0605 e. The second kappa shape index (κ2) is 8.39. The summed E-state index contributed by atoms with van der Waals surface area (Å²) in [4.78, 5) is 0. The molecule has 172 valence electrons. The molecule has 0 radical (unpaired) electrons. The minimum atomic E-state index is -0.205. The highest BCUT2D eigenvalue weighted by Crippen LogP contribution is 2.69. The second-order valence-corrected chi connectivity index (χ2v) is 12.0. The van der Waals surface area contributed by atoms with Crippen LogP contribution in [0.1, 0.15) is 91.9 Å². The summed E-state index contributed by atoms with van der Waals surface area (Å²) in [7, 11) is 0. The summed E-state index contributed by atoms with van der Waals surface area (Å²) in [6, 6.07) is 0. The monoisotopic (exact) mass is 419 g/mol. The zero-order chi connectivity index (χ0) is 21.7. The van der Waals surface area contributed by atoms with E-state index < -0.39 is 0 Å². The van der Waals surface area contributed by atoms with E-state index in [1.165, 1.54) is 25.7 Å². The maximum atomic E-state index is 11.7. The number of oxime groups is 1. The third kappa shape index (κ3) is 3.36. The van der Waals surface area contributed by atoms with E-state index in [0.717, 1.165) is 38.5 Å². The van der Waals surface area contributed by atoms with E-state index in [-0.39, 0.29) is 17.6 Å². The Labute approximate surface area is 183 Å². The van der Waals surface area contributed by atoms with Gasteiger partial charge in [0.25, 0.3) is 0 Å². The van der Waals surface area contributed by atoms with Crippen LogP contribution in [0.25, 0.3) is 0 Å². The fourth-order valence-corrected chi connectivity index (χ4v) is 9.53. The van der Waals surface area contributed by atoms with Gasteiger partial charge >= 0.3 is 0 Å². The van der Waals surface area contributed by atoms with Crippen molar-refractivity contribution in [3.63, 3.8) is 0 Å². The van der Waals surface area contributed by atoms with Crippen molar-refractivity contribution in [1.29, 1.82) is 0 Å². The first-order valence-electron chi connectivity index (χ1n) is 12.8. The van der Waals surface area contributed by atoms with E-state index in [2.05, 4.69) is 32.9 Å². The molecule has 0 aromatic heterocycles. The van der Waals surface area contributed by atoms with Gasteiger partial charge in [0, 0.05) is 6.21 Å². The van der Waals surface area contributed by atoms with Gasteiger partial charge < -0.3 is 15.4 Å². The molecule has 4 aliphatic carbocycles. The Morgan fingerprint density at radius 2 is 1.70 bits per heavy atom. The summed E-state index contributed by atoms with van der Waals surface area (Å²) in [5, 5.41) is 34.1. The number of nitrogens with zero attached hydrogens (tertiary/aromatic N) is 1. The molecule has 2 unspecified atom stereocenters. The zero-order valence-corrected chi connectivity index (χ0v) is 19.6. The van der Waals surface area contributed by atoms with Crippen molar-refractivity contribution < 1.29 is 15.4 Å². The average Bonchev–Trinajstić information content (AvgIpc) is 3.07. The molecule has 11 atom stereocenters. The summed E-state index contributed by atoms with van der Waals surface area (Å²) in [5.41, 5.74) is 0.611. The second-order valence-electron chi connectivity index (χ2n) is 12.0. The molecule has 4 fully saturated rings. The van der Waals surface area contributed by atoms with E-state index in [9.17, 15) is 10.2 Å². The Bertz CT molecular complexity index is 638. The van der Waals surface area contributed by atoms with Crippen LogP contribution >= 0.6 is 0 Å². The van der Waals surface area contributed by atoms with E-state index >= 15 is 0 Å². The molecule has 4 saturated carbocycles. The van der Waals surface area contributed by atoms with Crippen molar-refractivity contribution in [2.45, 2.75) is 104 Å². The van der Waals surface area contributed by atoms with Crippen LogP contribution in [0.3, 0.4) is 0 Å². The summed E-state index contributed by atoms with van der Waals surface area (Å²) in [5.74, 6) is 3.82. The summed E-state index contributed by atoms with van der Waals surface area (Å²) < 4.78 is 0. The van der Waals surface area contributed by atoms with Gasteiger partial charge in [-0.05, 0) is 110 Å². The minimum absolute atomic E-state index is 0.172. The van der Waals surface area contributed by atoms with Gasteiger partial charge in [0.1, 0.15) is 0 Å². The Morgan fingerprint density at radius 1 is 1.00 bits per heavy atom. The molecule has 4 aliphatic rings. The first-order valence-corrected chi connectivity index (χ1v) is 12.8. The van der Waals surface area contributed by atoms with Crippen molar-refractivity contribution in [3.05, 3.63) is 0 Å². The number of fused-ring (bicyclic) bond motifs is 5. The molecule has 3 N–H and O–H groups in total. The lowest BCUT2D eigenvalue weighted by atomic mass is 9.41. The SMILES string of the molecule is CC[C@@H]1C2C[C@H](O)CCC2(C)[C@H]2CC[C@]3(C)[C@@H]([C@H](C)CC/C=N/O)CC[C@H]3[C@@H]2[C@@H]1O. The van der Waals surface area contributed by atoms with Crippen LogP contribution in [0.5, 0.6) is 0 Å². The fourth-order valence-electron chi connectivity index (χ4n) is 9.53. The number of hydrogen-bond donors (Lipinski definition) is 3. The van der Waals surface area contributed by atoms with Crippen molar-refractivity contribution in [2.24, 2.45) is 57.4 Å². The van der Waals surface area contributed by atoms with Crippen LogP contribution in [0.4, 0.5) is 0 Å². The van der Waals surface area contributed by atoms with Crippen molar-refractivity contribution in [3.8, 4) is 0 Å². The van der Waals surface area contributed by atoms with Crippen molar-refractivity contribution in [2.75, 3.05) is 0 Å². The highest BCUT2D eigenvalue weighted by Gasteiger charge is 2.64. The van der Waals surface area contributed by atoms with Gasteiger partial charge in [0.05, 0.1) is 12.2 Å². The first kappa shape index (κ1) is 22.6. The molecule has 0 spiro atoms. The predicted molar refractivity (Wildman–Crippen MR) is 120 cm³/mol. The standard InChI is InChI=1S/C26H45NO3/c1-5-18-22-15-17(28)10-12-26(22,4)21-11-13-25(3)19(16(2)7-6-14-27-30)8-9-20(25)23(21)24(18)29/h14,16-24,28-30H,5-13,15H2,1-4H3/b27-14+/t16-,17-,18-,19-,20+,21+,22?,23+,24-,25-,26?/m1/s1. The molecule has 30 heavy (non-hydrogen) atoms. The zero-order valence-electron chi connectivity index (χ0n) is 19.6. The molecule has 4 heteroatoms. The third-order valence-corrected chi connectivity index (χ3v) is 11.0. The molecule has 0 saturated heterocycles. The van der Waals surface area contributed by atoms with Gasteiger partial charge in [-0.2, -0.15) is 0 Å². The fraction of sp³-hybridized carbons (Fsp3) is 0.962. The Kier molecular flexibility index (Phi) is 6.31. The van der Waals surface area contributed by atoms with E-state index in [0.29, 0.717) is 46.8 Å².